The molecule has 0 saturated carbocycles. The fourth-order valence-corrected chi connectivity index (χ4v) is 3.06. The van der Waals surface area contributed by atoms with Crippen LogP contribution in [0.15, 0.2) is 35.3 Å². The second-order valence-corrected chi connectivity index (χ2v) is 6.69. The lowest BCUT2D eigenvalue weighted by Crippen LogP contribution is -2.24. The van der Waals surface area contributed by atoms with Gasteiger partial charge in [0.25, 0.3) is 11.5 Å². The van der Waals surface area contributed by atoms with E-state index in [0.717, 1.165) is 17.8 Å². The molecule has 128 valence electrons. The third-order valence-electron chi connectivity index (χ3n) is 3.31. The fourth-order valence-electron chi connectivity index (χ4n) is 2.09. The van der Waals surface area contributed by atoms with Crippen LogP contribution in [-0.2, 0) is 6.42 Å². The number of aromatic nitrogens is 4. The van der Waals surface area contributed by atoms with Gasteiger partial charge in [0, 0.05) is 23.2 Å². The van der Waals surface area contributed by atoms with Gasteiger partial charge in [0.05, 0.1) is 0 Å². The molecule has 1 amide bonds. The number of nitrogens with one attached hydrogen (secondary N) is 2. The van der Waals surface area contributed by atoms with Crippen molar-refractivity contribution >= 4 is 34.0 Å². The molecule has 0 aliphatic rings. The number of nitrogens with zero attached hydrogens (tertiary/aromatic N) is 3. The molecular weight excluding hydrogens is 362 g/mol. The number of H-pyrrole nitrogens is 1. The zero-order chi connectivity index (χ0) is 17.8. The number of hydrogen-bond donors (Lipinski definition) is 2. The van der Waals surface area contributed by atoms with Crippen molar-refractivity contribution in [3.8, 4) is 11.4 Å². The monoisotopic (exact) mass is 375 g/mol. The van der Waals surface area contributed by atoms with Crippen LogP contribution in [0.4, 0.5) is 5.13 Å². The number of aromatic amines is 1. The summed E-state index contributed by atoms with van der Waals surface area (Å²) in [5.41, 5.74) is 0.0718. The Kier molecular flexibility index (Phi) is 5.20. The van der Waals surface area contributed by atoms with E-state index in [1.54, 1.807) is 24.3 Å². The van der Waals surface area contributed by atoms with Crippen molar-refractivity contribution in [3.63, 3.8) is 0 Å². The Morgan fingerprint density at radius 2 is 2.04 bits per heavy atom. The van der Waals surface area contributed by atoms with Crippen molar-refractivity contribution in [2.45, 2.75) is 19.8 Å². The van der Waals surface area contributed by atoms with Crippen molar-refractivity contribution in [3.05, 3.63) is 56.4 Å². The Bertz CT molecular complexity index is 952. The number of rotatable bonds is 5. The van der Waals surface area contributed by atoms with Crippen LogP contribution in [0, 0.1) is 0 Å². The third-order valence-corrected chi connectivity index (χ3v) is 4.46. The van der Waals surface area contributed by atoms with Crippen LogP contribution in [-0.4, -0.2) is 26.1 Å². The van der Waals surface area contributed by atoms with Gasteiger partial charge in [0.1, 0.15) is 16.4 Å². The summed E-state index contributed by atoms with van der Waals surface area (Å²) in [4.78, 5) is 31.2. The van der Waals surface area contributed by atoms with Crippen LogP contribution in [0.1, 0.15) is 28.7 Å². The molecule has 0 unspecified atom stereocenters. The van der Waals surface area contributed by atoms with Gasteiger partial charge in [-0.15, -0.1) is 10.2 Å². The van der Waals surface area contributed by atoms with E-state index in [0.29, 0.717) is 21.5 Å². The Hall–Kier alpha value is -2.58. The first-order valence-electron chi connectivity index (χ1n) is 7.56. The van der Waals surface area contributed by atoms with Crippen molar-refractivity contribution in [2.75, 3.05) is 5.32 Å². The summed E-state index contributed by atoms with van der Waals surface area (Å²) in [6.07, 6.45) is 2.98. The highest BCUT2D eigenvalue weighted by Gasteiger charge is 2.15. The highest BCUT2D eigenvalue weighted by atomic mass is 35.5. The maximum Gasteiger partial charge on any atom is 0.264 e. The zero-order valence-corrected chi connectivity index (χ0v) is 14.8. The molecular formula is C16H14ClN5O2S. The van der Waals surface area contributed by atoms with Crippen molar-refractivity contribution in [1.29, 1.82) is 0 Å². The first kappa shape index (κ1) is 17.2. The standard InChI is InChI=1S/C16H14ClN5O2S/c1-2-3-12-21-22-16(25-12)20-15(24)11-8-18-13(19-14(11)23)9-4-6-10(17)7-5-9/h4-8H,2-3H2,1H3,(H,18,19,23)(H,20,22,24). The third kappa shape index (κ3) is 4.09. The molecule has 2 aromatic heterocycles. The Labute approximate surface area is 152 Å². The Morgan fingerprint density at radius 1 is 1.28 bits per heavy atom. The molecule has 0 spiro atoms. The summed E-state index contributed by atoms with van der Waals surface area (Å²) in [7, 11) is 0. The van der Waals surface area contributed by atoms with Crippen molar-refractivity contribution in [2.24, 2.45) is 0 Å². The van der Waals surface area contributed by atoms with E-state index < -0.39 is 11.5 Å². The molecule has 0 saturated heterocycles. The van der Waals surface area contributed by atoms with Crippen LogP contribution in [0.5, 0.6) is 0 Å². The maximum atomic E-state index is 12.2. The highest BCUT2D eigenvalue weighted by molar-refractivity contribution is 7.15. The molecule has 25 heavy (non-hydrogen) atoms. The average molecular weight is 376 g/mol. The quantitative estimate of drug-likeness (QED) is 0.713. The molecule has 0 radical (unpaired) electrons. The molecule has 0 aliphatic heterocycles. The molecule has 0 bridgehead atoms. The smallest absolute Gasteiger partial charge is 0.264 e. The normalized spacial score (nSPS) is 10.6. The lowest BCUT2D eigenvalue weighted by Gasteiger charge is -2.03. The zero-order valence-electron chi connectivity index (χ0n) is 13.2. The first-order valence-corrected chi connectivity index (χ1v) is 8.75. The van der Waals surface area contributed by atoms with E-state index in [9.17, 15) is 9.59 Å². The van der Waals surface area contributed by atoms with Crippen LogP contribution in [0.2, 0.25) is 5.02 Å². The minimum Gasteiger partial charge on any atom is -0.306 e. The summed E-state index contributed by atoms with van der Waals surface area (Å²) in [6, 6.07) is 6.86. The number of carbonyl (C=O) groups is 1. The van der Waals surface area contributed by atoms with Gasteiger partial charge in [-0.05, 0) is 30.7 Å². The average Bonchev–Trinajstić information content (AvgIpc) is 3.02. The number of anilines is 1. The van der Waals surface area contributed by atoms with Crippen LogP contribution in [0.25, 0.3) is 11.4 Å². The number of amides is 1. The highest BCUT2D eigenvalue weighted by Crippen LogP contribution is 2.18. The molecule has 3 aromatic rings. The van der Waals surface area contributed by atoms with Gasteiger partial charge in [-0.1, -0.05) is 29.9 Å². The van der Waals surface area contributed by atoms with Gasteiger partial charge in [0.2, 0.25) is 5.13 Å². The minimum absolute atomic E-state index is 0.0926. The summed E-state index contributed by atoms with van der Waals surface area (Å²) in [5, 5.41) is 12.2. The number of aryl methyl sites for hydroxylation is 1. The van der Waals surface area contributed by atoms with E-state index in [1.807, 2.05) is 6.92 Å². The van der Waals surface area contributed by atoms with Gasteiger partial charge >= 0.3 is 0 Å². The topological polar surface area (TPSA) is 101 Å². The molecule has 2 heterocycles. The number of halogens is 1. The molecule has 0 aliphatic carbocycles. The number of benzene rings is 1. The van der Waals surface area contributed by atoms with Gasteiger partial charge in [-0.2, -0.15) is 0 Å². The lowest BCUT2D eigenvalue weighted by molar-refractivity contribution is 0.102. The van der Waals surface area contributed by atoms with Crippen molar-refractivity contribution in [1.82, 2.24) is 20.2 Å². The molecule has 7 nitrogen and oxygen atoms in total. The van der Waals surface area contributed by atoms with Crippen LogP contribution < -0.4 is 10.9 Å². The molecule has 9 heteroatoms. The van der Waals surface area contributed by atoms with Gasteiger partial charge < -0.3 is 4.98 Å². The molecule has 0 atom stereocenters. The van der Waals surface area contributed by atoms with E-state index in [1.165, 1.54) is 17.5 Å². The lowest BCUT2D eigenvalue weighted by atomic mass is 10.2. The summed E-state index contributed by atoms with van der Waals surface area (Å²) in [5.74, 6) is -0.213. The van der Waals surface area contributed by atoms with Crippen LogP contribution in [0.3, 0.4) is 0 Å². The molecule has 3 rings (SSSR count). The molecule has 1 aromatic carbocycles. The SMILES string of the molecule is CCCc1nnc(NC(=O)c2cnc(-c3ccc(Cl)cc3)[nH]c2=O)s1. The van der Waals surface area contributed by atoms with E-state index >= 15 is 0 Å². The predicted octanol–water partition coefficient (Wildman–Crippen LogP) is 3.15. The van der Waals surface area contributed by atoms with E-state index in [2.05, 4.69) is 25.5 Å². The van der Waals surface area contributed by atoms with Crippen LogP contribution >= 0.6 is 22.9 Å². The Balaban J connectivity index is 1.79. The van der Waals surface area contributed by atoms with Gasteiger partial charge in [0.15, 0.2) is 0 Å². The van der Waals surface area contributed by atoms with Gasteiger partial charge in [-0.25, -0.2) is 4.98 Å². The fraction of sp³-hybridized carbons (Fsp3) is 0.188. The van der Waals surface area contributed by atoms with Gasteiger partial charge in [-0.3, -0.25) is 14.9 Å². The first-order chi connectivity index (χ1) is 12.1. The van der Waals surface area contributed by atoms with Crippen molar-refractivity contribution < 1.29 is 4.79 Å². The van der Waals surface area contributed by atoms with E-state index in [-0.39, 0.29) is 5.56 Å². The molecule has 2 N–H and O–H groups in total. The molecule has 0 fully saturated rings. The summed E-state index contributed by atoms with van der Waals surface area (Å²) < 4.78 is 0. The second kappa shape index (κ2) is 7.54. The predicted molar refractivity (Wildman–Crippen MR) is 97.2 cm³/mol. The minimum atomic E-state index is -0.574. The second-order valence-electron chi connectivity index (χ2n) is 5.19. The number of carbonyl (C=O) groups excluding carboxylic acids is 1. The summed E-state index contributed by atoms with van der Waals surface area (Å²) >= 11 is 7.13. The van der Waals surface area contributed by atoms with E-state index in [4.69, 9.17) is 11.6 Å². The Morgan fingerprint density at radius 3 is 2.72 bits per heavy atom. The number of hydrogen-bond acceptors (Lipinski definition) is 6. The maximum absolute atomic E-state index is 12.2. The summed E-state index contributed by atoms with van der Waals surface area (Å²) in [6.45, 7) is 2.03. The largest absolute Gasteiger partial charge is 0.306 e.